The smallest absolute Gasteiger partial charge is 0.396 e. The summed E-state index contributed by atoms with van der Waals surface area (Å²) in [6, 6.07) is 0.951. The van der Waals surface area contributed by atoms with E-state index in [0.717, 1.165) is 25.1 Å². The van der Waals surface area contributed by atoms with Crippen LogP contribution in [0, 0.1) is 0 Å². The van der Waals surface area contributed by atoms with Crippen LogP contribution in [-0.4, -0.2) is 10.5 Å². The van der Waals surface area contributed by atoms with Gasteiger partial charge in [-0.25, -0.2) is 4.98 Å². The van der Waals surface area contributed by atoms with Gasteiger partial charge in [0.2, 0.25) is 0 Å². The summed E-state index contributed by atoms with van der Waals surface area (Å²) in [5.41, 5.74) is 4.88. The Labute approximate surface area is 105 Å². The van der Waals surface area contributed by atoms with Gasteiger partial charge in [-0.15, -0.1) is 0 Å². The second kappa shape index (κ2) is 5.04. The third-order valence-electron chi connectivity index (χ3n) is 2.57. The lowest BCUT2D eigenvalue weighted by Gasteiger charge is -2.28. The highest BCUT2D eigenvalue weighted by Gasteiger charge is 2.33. The van der Waals surface area contributed by atoms with Crippen LogP contribution < -0.4 is 11.1 Å². The molecule has 0 unspecified atom stereocenters. The first-order chi connectivity index (χ1) is 8.15. The molecule has 0 spiro atoms. The Hall–Kier alpha value is -1.46. The molecule has 1 aromatic rings. The molecule has 0 radical (unpaired) electrons. The maximum atomic E-state index is 12.5. The Morgan fingerprint density at radius 1 is 1.33 bits per heavy atom. The number of hydrogen-bond acceptors (Lipinski definition) is 3. The fourth-order valence-electron chi connectivity index (χ4n) is 1.78. The maximum absolute atomic E-state index is 12.5. The van der Waals surface area contributed by atoms with Gasteiger partial charge in [0, 0.05) is 5.54 Å². The second-order valence-corrected chi connectivity index (χ2v) is 4.91. The lowest BCUT2D eigenvalue weighted by molar-refractivity contribution is -0.141. The van der Waals surface area contributed by atoms with Crippen LogP contribution in [0.2, 0.25) is 0 Å². The largest absolute Gasteiger partial charge is 0.433 e. The van der Waals surface area contributed by atoms with Gasteiger partial charge in [-0.05, 0) is 26.3 Å². The molecule has 3 N–H and O–H groups in total. The Bertz CT molecular complexity index is 414. The minimum Gasteiger partial charge on any atom is -0.396 e. The monoisotopic (exact) mass is 261 g/mol. The summed E-state index contributed by atoms with van der Waals surface area (Å²) in [4.78, 5) is 3.30. The molecule has 0 aliphatic heterocycles. The molecule has 18 heavy (non-hydrogen) atoms. The van der Waals surface area contributed by atoms with Gasteiger partial charge in [-0.1, -0.05) is 13.3 Å². The lowest BCUT2D eigenvalue weighted by atomic mass is 9.98. The van der Waals surface area contributed by atoms with Crippen LogP contribution in [0.15, 0.2) is 12.3 Å². The number of nitrogen functional groups attached to an aromatic ring is 1. The van der Waals surface area contributed by atoms with Crippen LogP contribution in [0.4, 0.5) is 24.5 Å². The molecule has 0 amide bonds. The van der Waals surface area contributed by atoms with Crippen molar-refractivity contribution in [2.45, 2.75) is 45.3 Å². The number of pyridine rings is 1. The van der Waals surface area contributed by atoms with Crippen LogP contribution >= 0.6 is 0 Å². The van der Waals surface area contributed by atoms with Gasteiger partial charge in [-0.3, -0.25) is 0 Å². The van der Waals surface area contributed by atoms with E-state index in [4.69, 9.17) is 5.73 Å². The average molecular weight is 261 g/mol. The number of halogens is 3. The van der Waals surface area contributed by atoms with E-state index in [1.807, 2.05) is 20.8 Å². The van der Waals surface area contributed by atoms with Crippen molar-refractivity contribution >= 4 is 11.4 Å². The molecule has 0 saturated carbocycles. The van der Waals surface area contributed by atoms with E-state index in [0.29, 0.717) is 0 Å². The molecule has 0 aliphatic carbocycles. The predicted octanol–water partition coefficient (Wildman–Crippen LogP) is 3.67. The van der Waals surface area contributed by atoms with E-state index in [1.54, 1.807) is 0 Å². The van der Waals surface area contributed by atoms with E-state index >= 15 is 0 Å². The molecule has 0 saturated heterocycles. The Morgan fingerprint density at radius 3 is 2.44 bits per heavy atom. The Kier molecular flexibility index (Phi) is 4.09. The lowest BCUT2D eigenvalue weighted by Crippen LogP contribution is -2.31. The summed E-state index contributed by atoms with van der Waals surface area (Å²) < 4.78 is 37.6. The quantitative estimate of drug-likeness (QED) is 0.869. The molecule has 1 heterocycles. The molecule has 0 fully saturated rings. The highest BCUT2D eigenvalue weighted by Crippen LogP contribution is 2.32. The fraction of sp³-hybridized carbons (Fsp3) is 0.583. The summed E-state index contributed by atoms with van der Waals surface area (Å²) in [7, 11) is 0. The average Bonchev–Trinajstić information content (AvgIpc) is 2.19. The molecule has 0 bridgehead atoms. The first-order valence-corrected chi connectivity index (χ1v) is 5.76. The highest BCUT2D eigenvalue weighted by atomic mass is 19.4. The molecular formula is C12H18F3N3. The molecule has 1 rings (SSSR count). The molecular weight excluding hydrogens is 243 g/mol. The standard InChI is InChI=1S/C12H18F3N3/c1-4-5-11(2,3)18-9-6-10(12(13,14)15)17-7-8(9)16/h6-7H,4-5,16H2,1-3H3,(H,17,18). The number of aromatic nitrogens is 1. The van der Waals surface area contributed by atoms with Crippen LogP contribution in [-0.2, 0) is 6.18 Å². The van der Waals surface area contributed by atoms with E-state index in [1.165, 1.54) is 0 Å². The third kappa shape index (κ3) is 3.78. The van der Waals surface area contributed by atoms with Gasteiger partial charge < -0.3 is 11.1 Å². The van der Waals surface area contributed by atoms with Gasteiger partial charge in [0.15, 0.2) is 0 Å². The first-order valence-electron chi connectivity index (χ1n) is 5.76. The zero-order valence-corrected chi connectivity index (χ0v) is 10.7. The Morgan fingerprint density at radius 2 is 1.94 bits per heavy atom. The highest BCUT2D eigenvalue weighted by molar-refractivity contribution is 5.66. The molecule has 0 aliphatic rings. The third-order valence-corrected chi connectivity index (χ3v) is 2.57. The summed E-state index contributed by atoms with van der Waals surface area (Å²) in [5.74, 6) is 0. The topological polar surface area (TPSA) is 50.9 Å². The molecule has 1 aromatic heterocycles. The Balaban J connectivity index is 3.02. The normalized spacial score (nSPS) is 12.6. The number of anilines is 2. The first kappa shape index (κ1) is 14.6. The summed E-state index contributed by atoms with van der Waals surface area (Å²) in [6.07, 6.45) is -1.67. The van der Waals surface area contributed by atoms with Gasteiger partial charge in [0.1, 0.15) is 5.69 Å². The fourth-order valence-corrected chi connectivity index (χ4v) is 1.78. The van der Waals surface area contributed by atoms with Crippen molar-refractivity contribution in [1.29, 1.82) is 0 Å². The summed E-state index contributed by atoms with van der Waals surface area (Å²) in [6.45, 7) is 5.85. The van der Waals surface area contributed by atoms with Gasteiger partial charge >= 0.3 is 6.18 Å². The van der Waals surface area contributed by atoms with Crippen molar-refractivity contribution in [3.8, 4) is 0 Å². The van der Waals surface area contributed by atoms with E-state index in [9.17, 15) is 13.2 Å². The van der Waals surface area contributed by atoms with Crippen molar-refractivity contribution < 1.29 is 13.2 Å². The van der Waals surface area contributed by atoms with Crippen LogP contribution in [0.25, 0.3) is 0 Å². The molecule has 6 heteroatoms. The zero-order chi connectivity index (χ0) is 14.0. The summed E-state index contributed by atoms with van der Waals surface area (Å²) in [5, 5.41) is 3.03. The van der Waals surface area contributed by atoms with Crippen molar-refractivity contribution in [3.05, 3.63) is 18.0 Å². The SMILES string of the molecule is CCCC(C)(C)Nc1cc(C(F)(F)F)ncc1N. The maximum Gasteiger partial charge on any atom is 0.433 e. The van der Waals surface area contributed by atoms with E-state index < -0.39 is 11.9 Å². The zero-order valence-electron chi connectivity index (χ0n) is 10.7. The molecule has 0 aromatic carbocycles. The van der Waals surface area contributed by atoms with Gasteiger partial charge in [0.25, 0.3) is 0 Å². The number of nitrogens with one attached hydrogen (secondary N) is 1. The van der Waals surface area contributed by atoms with Gasteiger partial charge in [0.05, 0.1) is 17.6 Å². The predicted molar refractivity (Wildman–Crippen MR) is 66.3 cm³/mol. The van der Waals surface area contributed by atoms with Crippen molar-refractivity contribution in [1.82, 2.24) is 4.98 Å². The molecule has 0 atom stereocenters. The van der Waals surface area contributed by atoms with Crippen LogP contribution in [0.5, 0.6) is 0 Å². The number of alkyl halides is 3. The van der Waals surface area contributed by atoms with Crippen molar-refractivity contribution in [2.24, 2.45) is 0 Å². The number of rotatable bonds is 4. The molecule has 102 valence electrons. The molecule has 3 nitrogen and oxygen atoms in total. The number of nitrogens with two attached hydrogens (primary N) is 1. The van der Waals surface area contributed by atoms with Crippen molar-refractivity contribution in [3.63, 3.8) is 0 Å². The summed E-state index contributed by atoms with van der Waals surface area (Å²) >= 11 is 0. The van der Waals surface area contributed by atoms with Crippen LogP contribution in [0.1, 0.15) is 39.3 Å². The van der Waals surface area contributed by atoms with Crippen LogP contribution in [0.3, 0.4) is 0 Å². The number of nitrogens with zero attached hydrogens (tertiary/aromatic N) is 1. The van der Waals surface area contributed by atoms with Crippen molar-refractivity contribution in [2.75, 3.05) is 11.1 Å². The number of hydrogen-bond donors (Lipinski definition) is 2. The van der Waals surface area contributed by atoms with Gasteiger partial charge in [-0.2, -0.15) is 13.2 Å². The minimum absolute atomic E-state index is 0.215. The van der Waals surface area contributed by atoms with E-state index in [-0.39, 0.29) is 16.9 Å². The minimum atomic E-state index is -4.46. The van der Waals surface area contributed by atoms with E-state index in [2.05, 4.69) is 10.3 Å². The second-order valence-electron chi connectivity index (χ2n) is 4.91.